The summed E-state index contributed by atoms with van der Waals surface area (Å²) in [5, 5.41) is 7.08. The van der Waals surface area contributed by atoms with Gasteiger partial charge >= 0.3 is 0 Å². The zero-order valence-corrected chi connectivity index (χ0v) is 23.4. The van der Waals surface area contributed by atoms with Crippen LogP contribution < -0.4 is 29.8 Å². The van der Waals surface area contributed by atoms with Gasteiger partial charge in [-0.3, -0.25) is 14.5 Å². The van der Waals surface area contributed by atoms with Crippen LogP contribution in [-0.2, 0) is 16.1 Å². The van der Waals surface area contributed by atoms with Crippen LogP contribution in [0, 0.1) is 0 Å². The molecule has 40 heavy (non-hydrogen) atoms. The number of nitrogens with zero attached hydrogens (tertiary/aromatic N) is 2. The summed E-state index contributed by atoms with van der Waals surface area (Å²) in [5.41, 5.74) is 0.739. The Morgan fingerprint density at radius 1 is 1.02 bits per heavy atom. The largest absolute Gasteiger partial charge is 0.493 e. The van der Waals surface area contributed by atoms with Crippen molar-refractivity contribution >= 4 is 38.4 Å². The number of rotatable bonds is 12. The Kier molecular flexibility index (Phi) is 8.27. The van der Waals surface area contributed by atoms with Crippen LogP contribution in [0.5, 0.6) is 23.0 Å². The normalized spacial score (nSPS) is 12.5. The molecule has 0 atom stereocenters. The van der Waals surface area contributed by atoms with E-state index in [0.29, 0.717) is 67.5 Å². The number of carbonyl (C=O) groups excluding carboxylic acids is 1. The minimum Gasteiger partial charge on any atom is -0.493 e. The molecule has 0 fully saturated rings. The summed E-state index contributed by atoms with van der Waals surface area (Å²) in [6, 6.07) is 11.6. The Morgan fingerprint density at radius 2 is 1.80 bits per heavy atom. The number of carbonyl (C=O) groups is 1. The minimum atomic E-state index is -0.104. The lowest BCUT2D eigenvalue weighted by Gasteiger charge is -2.20. The van der Waals surface area contributed by atoms with Gasteiger partial charge in [0.05, 0.1) is 18.0 Å². The number of hydrogen-bond acceptors (Lipinski definition) is 8. The van der Waals surface area contributed by atoms with E-state index in [1.54, 1.807) is 24.9 Å². The van der Waals surface area contributed by atoms with Gasteiger partial charge in [-0.15, -0.1) is 0 Å². The third-order valence-corrected chi connectivity index (χ3v) is 7.15. The van der Waals surface area contributed by atoms with E-state index in [0.717, 1.165) is 27.1 Å². The fourth-order valence-corrected chi connectivity index (χ4v) is 5.08. The van der Waals surface area contributed by atoms with Crippen LogP contribution in [0.4, 0.5) is 0 Å². The van der Waals surface area contributed by atoms with Crippen LogP contribution in [0.25, 0.3) is 32.4 Å². The van der Waals surface area contributed by atoms with Crippen molar-refractivity contribution in [3.8, 4) is 23.0 Å². The first-order valence-electron chi connectivity index (χ1n) is 13.4. The molecule has 0 radical (unpaired) electrons. The third-order valence-electron chi connectivity index (χ3n) is 7.15. The number of ether oxygens (including phenoxy) is 5. The molecule has 212 valence electrons. The van der Waals surface area contributed by atoms with Gasteiger partial charge in [-0.1, -0.05) is 12.1 Å². The zero-order chi connectivity index (χ0) is 28.2. The lowest BCUT2D eigenvalue weighted by molar-refractivity contribution is -0.121. The second-order valence-corrected chi connectivity index (χ2v) is 9.79. The molecule has 2 heterocycles. The molecule has 0 spiro atoms. The average Bonchev–Trinajstić information content (AvgIpc) is 3.42. The van der Waals surface area contributed by atoms with Crippen molar-refractivity contribution in [2.45, 2.75) is 26.3 Å². The Bertz CT molecular complexity index is 1620. The molecule has 0 saturated heterocycles. The van der Waals surface area contributed by atoms with Crippen molar-refractivity contribution in [2.75, 3.05) is 54.5 Å². The average molecular weight is 550 g/mol. The van der Waals surface area contributed by atoms with Crippen LogP contribution in [0.15, 0.2) is 41.2 Å². The number of nitrogens with one attached hydrogen (secondary N) is 1. The lowest BCUT2D eigenvalue weighted by Crippen LogP contribution is -2.34. The highest BCUT2D eigenvalue weighted by molar-refractivity contribution is 6.16. The first-order valence-corrected chi connectivity index (χ1v) is 13.4. The summed E-state index contributed by atoms with van der Waals surface area (Å²) in [6.45, 7) is 4.58. The van der Waals surface area contributed by atoms with Crippen molar-refractivity contribution in [1.82, 2.24) is 14.8 Å². The van der Waals surface area contributed by atoms with Gasteiger partial charge < -0.3 is 33.6 Å². The molecule has 5 rings (SSSR count). The highest BCUT2D eigenvalue weighted by atomic mass is 16.7. The predicted molar refractivity (Wildman–Crippen MR) is 154 cm³/mol. The van der Waals surface area contributed by atoms with Crippen molar-refractivity contribution in [1.29, 1.82) is 0 Å². The second kappa shape index (κ2) is 12.0. The zero-order valence-electron chi connectivity index (χ0n) is 23.4. The molecule has 0 unspecified atom stereocenters. The van der Waals surface area contributed by atoms with Crippen molar-refractivity contribution in [3.05, 3.63) is 46.8 Å². The molecular formula is C30H35N3O7. The van der Waals surface area contributed by atoms with E-state index in [1.807, 2.05) is 49.2 Å². The Balaban J connectivity index is 1.42. The summed E-state index contributed by atoms with van der Waals surface area (Å²) < 4.78 is 29.7. The minimum absolute atomic E-state index is 0.0000191. The van der Waals surface area contributed by atoms with Crippen LogP contribution in [0.2, 0.25) is 0 Å². The van der Waals surface area contributed by atoms with Crippen molar-refractivity contribution in [3.63, 3.8) is 0 Å². The lowest BCUT2D eigenvalue weighted by atomic mass is 10.00. The third kappa shape index (κ3) is 5.37. The highest BCUT2D eigenvalue weighted by Gasteiger charge is 2.20. The maximum Gasteiger partial charge on any atom is 0.259 e. The molecule has 1 aromatic heterocycles. The van der Waals surface area contributed by atoms with E-state index < -0.39 is 0 Å². The predicted octanol–water partition coefficient (Wildman–Crippen LogP) is 3.88. The number of benzene rings is 3. The van der Waals surface area contributed by atoms with E-state index in [1.165, 1.54) is 0 Å². The molecule has 1 amide bonds. The summed E-state index contributed by atoms with van der Waals surface area (Å²) >= 11 is 0. The Labute approximate surface area is 232 Å². The van der Waals surface area contributed by atoms with Crippen LogP contribution in [0.1, 0.15) is 19.8 Å². The maximum absolute atomic E-state index is 13.8. The van der Waals surface area contributed by atoms with Crippen molar-refractivity contribution < 1.29 is 28.5 Å². The SMILES string of the molecule is CCn1c(=O)c2cc(OCN(C)CCNC(=O)CCCOC)c(OC)cc2c2ccc3cc4c(cc3c21)OCO4. The molecule has 10 nitrogen and oxygen atoms in total. The number of hydrogen-bond donors (Lipinski definition) is 1. The van der Waals surface area contributed by atoms with Crippen LogP contribution in [-0.4, -0.2) is 69.9 Å². The number of fused-ring (bicyclic) bond motifs is 6. The molecule has 0 aliphatic carbocycles. The van der Waals surface area contributed by atoms with Gasteiger partial charge in [-0.05, 0) is 50.0 Å². The number of pyridine rings is 1. The van der Waals surface area contributed by atoms with E-state index in [4.69, 9.17) is 23.7 Å². The molecule has 10 heteroatoms. The van der Waals surface area contributed by atoms with Gasteiger partial charge in [0.1, 0.15) is 6.73 Å². The maximum atomic E-state index is 13.8. The number of aromatic nitrogens is 1. The van der Waals surface area contributed by atoms with E-state index in [-0.39, 0.29) is 25.0 Å². The number of methoxy groups -OCH3 is 2. The van der Waals surface area contributed by atoms with Gasteiger partial charge in [-0.25, -0.2) is 0 Å². The van der Waals surface area contributed by atoms with Gasteiger partial charge in [0.15, 0.2) is 23.0 Å². The fraction of sp³-hybridized carbons (Fsp3) is 0.400. The summed E-state index contributed by atoms with van der Waals surface area (Å²) in [5.74, 6) is 2.39. The van der Waals surface area contributed by atoms with E-state index >= 15 is 0 Å². The topological polar surface area (TPSA) is 100 Å². The first-order chi connectivity index (χ1) is 19.4. The van der Waals surface area contributed by atoms with Gasteiger partial charge in [0.2, 0.25) is 12.7 Å². The molecule has 1 aliphatic rings. The summed E-state index contributed by atoms with van der Waals surface area (Å²) in [7, 11) is 5.11. The highest BCUT2D eigenvalue weighted by Crippen LogP contribution is 2.41. The van der Waals surface area contributed by atoms with Gasteiger partial charge in [0.25, 0.3) is 5.56 Å². The first kappa shape index (κ1) is 27.5. The number of aryl methyl sites for hydroxylation is 1. The van der Waals surface area contributed by atoms with Gasteiger partial charge in [-0.2, -0.15) is 0 Å². The molecule has 4 aromatic rings. The molecule has 0 saturated carbocycles. The number of amides is 1. The molecule has 1 N–H and O–H groups in total. The van der Waals surface area contributed by atoms with Crippen molar-refractivity contribution in [2.24, 2.45) is 0 Å². The molecule has 1 aliphatic heterocycles. The molecular weight excluding hydrogens is 514 g/mol. The summed E-state index contributed by atoms with van der Waals surface area (Å²) in [4.78, 5) is 27.6. The smallest absolute Gasteiger partial charge is 0.259 e. The van der Waals surface area contributed by atoms with Crippen LogP contribution in [0.3, 0.4) is 0 Å². The molecule has 3 aromatic carbocycles. The summed E-state index contributed by atoms with van der Waals surface area (Å²) in [6.07, 6.45) is 1.13. The van der Waals surface area contributed by atoms with Crippen LogP contribution >= 0.6 is 0 Å². The van der Waals surface area contributed by atoms with Gasteiger partial charge in [0, 0.05) is 55.9 Å². The molecule has 0 bridgehead atoms. The Hall–Kier alpha value is -4.02. The Morgan fingerprint density at radius 3 is 2.55 bits per heavy atom. The van der Waals surface area contributed by atoms with E-state index in [2.05, 4.69) is 5.32 Å². The standard InChI is InChI=1S/C30H35N3O7/c1-5-33-29-20(9-8-19-13-25-27(14-21(19)29)40-18-39-25)22-15-24(37-4)26(16-23(22)30(33)35)38-17-32(2)11-10-31-28(34)7-6-12-36-3/h8-9,13-16H,5-7,10-12,17-18H2,1-4H3,(H,31,34). The second-order valence-electron chi connectivity index (χ2n) is 9.79. The monoisotopic (exact) mass is 549 g/mol. The quantitative estimate of drug-likeness (QED) is 0.162. The fourth-order valence-electron chi connectivity index (χ4n) is 5.08. The number of likely N-dealkylation sites (N-methyl/N-ethyl adjacent to an activating group) is 1. The van der Waals surface area contributed by atoms with E-state index in [9.17, 15) is 9.59 Å².